The molecule has 1 aliphatic rings. The molecule has 1 unspecified atom stereocenters. The number of benzene rings is 3. The fraction of sp³-hybridized carbons (Fsp3) is 0.346. The average molecular weight is 402 g/mol. The first-order valence-corrected chi connectivity index (χ1v) is 11.0. The Bertz CT molecular complexity index is 989. The molecule has 1 heterocycles. The molecule has 1 aliphatic heterocycles. The minimum atomic E-state index is 0.107. The van der Waals surface area contributed by atoms with Crippen molar-refractivity contribution in [3.8, 4) is 0 Å². The molecule has 4 nitrogen and oxygen atoms in total. The van der Waals surface area contributed by atoms with Crippen molar-refractivity contribution in [2.75, 3.05) is 39.3 Å². The summed E-state index contributed by atoms with van der Waals surface area (Å²) in [5, 5.41) is 5.99. The van der Waals surface area contributed by atoms with Crippen LogP contribution in [0.25, 0.3) is 10.8 Å². The maximum atomic E-state index is 12.7. The van der Waals surface area contributed by atoms with Crippen LogP contribution in [0.1, 0.15) is 41.4 Å². The van der Waals surface area contributed by atoms with E-state index in [2.05, 4.69) is 64.8 Å². The molecular formula is C26H31N3O. The molecule has 0 radical (unpaired) electrons. The third-order valence-corrected chi connectivity index (χ3v) is 6.13. The van der Waals surface area contributed by atoms with Gasteiger partial charge in [0.25, 0.3) is 5.91 Å². The van der Waals surface area contributed by atoms with Crippen molar-refractivity contribution in [2.45, 2.75) is 19.9 Å². The molecule has 3 aromatic rings. The number of nitrogens with one attached hydrogen (secondary N) is 1. The van der Waals surface area contributed by atoms with Crippen LogP contribution in [0.2, 0.25) is 0 Å². The smallest absolute Gasteiger partial charge is 0.253 e. The van der Waals surface area contributed by atoms with E-state index in [0.29, 0.717) is 0 Å². The second-order valence-electron chi connectivity index (χ2n) is 7.89. The van der Waals surface area contributed by atoms with E-state index in [1.165, 1.54) is 21.9 Å². The first-order valence-electron chi connectivity index (χ1n) is 11.0. The Labute approximate surface area is 179 Å². The van der Waals surface area contributed by atoms with Crippen molar-refractivity contribution in [3.63, 3.8) is 0 Å². The summed E-state index contributed by atoms with van der Waals surface area (Å²) >= 11 is 0. The van der Waals surface area contributed by atoms with Crippen LogP contribution in [0, 0.1) is 0 Å². The fourth-order valence-electron chi connectivity index (χ4n) is 4.43. The second-order valence-corrected chi connectivity index (χ2v) is 7.89. The molecule has 0 aliphatic carbocycles. The monoisotopic (exact) mass is 401 g/mol. The summed E-state index contributed by atoms with van der Waals surface area (Å²) in [6.45, 7) is 9.54. The third-order valence-electron chi connectivity index (χ3n) is 6.13. The number of hydrogen-bond donors (Lipinski definition) is 1. The van der Waals surface area contributed by atoms with E-state index in [1.807, 2.05) is 30.9 Å². The summed E-state index contributed by atoms with van der Waals surface area (Å²) < 4.78 is 0. The van der Waals surface area contributed by atoms with Crippen LogP contribution in [0.3, 0.4) is 0 Å². The highest BCUT2D eigenvalue weighted by Gasteiger charge is 2.24. The largest absolute Gasteiger partial charge is 0.339 e. The van der Waals surface area contributed by atoms with Crippen LogP contribution in [0.5, 0.6) is 0 Å². The summed E-state index contributed by atoms with van der Waals surface area (Å²) in [5.41, 5.74) is 3.31. The van der Waals surface area contributed by atoms with E-state index in [0.717, 1.165) is 44.8 Å². The Kier molecular flexibility index (Phi) is 6.46. The van der Waals surface area contributed by atoms with E-state index in [4.69, 9.17) is 0 Å². The Hall–Kier alpha value is -2.69. The SMILES string of the molecule is CCN(CC)C(=O)c1ccc(C(c2ccc3ccccc3c2)N2CCNCC2)cc1. The average Bonchev–Trinajstić information content (AvgIpc) is 2.81. The lowest BCUT2D eigenvalue weighted by Gasteiger charge is -2.36. The molecule has 0 bridgehead atoms. The highest BCUT2D eigenvalue weighted by Crippen LogP contribution is 2.31. The maximum Gasteiger partial charge on any atom is 0.253 e. The van der Waals surface area contributed by atoms with Crippen molar-refractivity contribution < 1.29 is 4.79 Å². The lowest BCUT2D eigenvalue weighted by molar-refractivity contribution is 0.0773. The minimum absolute atomic E-state index is 0.107. The van der Waals surface area contributed by atoms with Gasteiger partial charge in [0.2, 0.25) is 0 Å². The molecule has 1 saturated heterocycles. The lowest BCUT2D eigenvalue weighted by atomic mass is 9.93. The Balaban J connectivity index is 1.69. The van der Waals surface area contributed by atoms with Gasteiger partial charge in [-0.25, -0.2) is 0 Å². The molecule has 0 spiro atoms. The summed E-state index contributed by atoms with van der Waals surface area (Å²) in [5.74, 6) is 0.107. The number of fused-ring (bicyclic) bond motifs is 1. The summed E-state index contributed by atoms with van der Waals surface area (Å²) in [7, 11) is 0. The third kappa shape index (κ3) is 4.25. The lowest BCUT2D eigenvalue weighted by Crippen LogP contribution is -2.45. The predicted octanol–water partition coefficient (Wildman–Crippen LogP) is 4.32. The topological polar surface area (TPSA) is 35.6 Å². The summed E-state index contributed by atoms with van der Waals surface area (Å²) in [6, 6.07) is 23.8. The molecule has 1 fully saturated rings. The number of carbonyl (C=O) groups is 1. The van der Waals surface area contributed by atoms with Gasteiger partial charge in [-0.05, 0) is 53.9 Å². The standard InChI is InChI=1S/C26H31N3O/c1-3-28(4-2)26(30)22-12-10-21(11-13-22)25(29-17-15-27-16-18-29)24-14-9-20-7-5-6-8-23(20)19-24/h5-14,19,25,27H,3-4,15-18H2,1-2H3. The highest BCUT2D eigenvalue weighted by atomic mass is 16.2. The Morgan fingerprint density at radius 1 is 0.900 bits per heavy atom. The van der Waals surface area contributed by atoms with E-state index in [1.54, 1.807) is 0 Å². The van der Waals surface area contributed by atoms with Crippen molar-refractivity contribution in [2.24, 2.45) is 0 Å². The van der Waals surface area contributed by atoms with Gasteiger partial charge in [0.1, 0.15) is 0 Å². The molecular weight excluding hydrogens is 370 g/mol. The normalized spacial score (nSPS) is 15.8. The van der Waals surface area contributed by atoms with Gasteiger partial charge in [0.05, 0.1) is 6.04 Å². The van der Waals surface area contributed by atoms with Crippen molar-refractivity contribution in [3.05, 3.63) is 83.4 Å². The van der Waals surface area contributed by atoms with E-state index in [-0.39, 0.29) is 11.9 Å². The zero-order valence-corrected chi connectivity index (χ0v) is 18.0. The number of hydrogen-bond acceptors (Lipinski definition) is 3. The van der Waals surface area contributed by atoms with Gasteiger partial charge in [-0.2, -0.15) is 0 Å². The van der Waals surface area contributed by atoms with Gasteiger partial charge < -0.3 is 10.2 Å². The van der Waals surface area contributed by atoms with Crippen LogP contribution >= 0.6 is 0 Å². The molecule has 4 heteroatoms. The predicted molar refractivity (Wildman–Crippen MR) is 124 cm³/mol. The molecule has 4 rings (SSSR count). The second kappa shape index (κ2) is 9.41. The summed E-state index contributed by atoms with van der Waals surface area (Å²) in [6.07, 6.45) is 0. The summed E-state index contributed by atoms with van der Waals surface area (Å²) in [4.78, 5) is 17.1. The molecule has 1 amide bonds. The number of nitrogens with zero attached hydrogens (tertiary/aromatic N) is 2. The molecule has 30 heavy (non-hydrogen) atoms. The molecule has 0 aromatic heterocycles. The Morgan fingerprint density at radius 2 is 1.53 bits per heavy atom. The van der Waals surface area contributed by atoms with E-state index < -0.39 is 0 Å². The van der Waals surface area contributed by atoms with Gasteiger partial charge in [-0.3, -0.25) is 9.69 Å². The van der Waals surface area contributed by atoms with E-state index in [9.17, 15) is 4.79 Å². The van der Waals surface area contributed by atoms with Crippen LogP contribution < -0.4 is 5.32 Å². The Morgan fingerprint density at radius 3 is 2.20 bits per heavy atom. The molecule has 1 atom stereocenters. The van der Waals surface area contributed by atoms with Crippen LogP contribution in [0.15, 0.2) is 66.7 Å². The van der Waals surface area contributed by atoms with Crippen LogP contribution in [-0.4, -0.2) is 55.0 Å². The first kappa shape index (κ1) is 20.6. The molecule has 0 saturated carbocycles. The fourth-order valence-corrected chi connectivity index (χ4v) is 4.43. The first-order chi connectivity index (χ1) is 14.7. The van der Waals surface area contributed by atoms with Crippen LogP contribution in [-0.2, 0) is 0 Å². The highest BCUT2D eigenvalue weighted by molar-refractivity contribution is 5.94. The quantitative estimate of drug-likeness (QED) is 0.668. The van der Waals surface area contributed by atoms with E-state index >= 15 is 0 Å². The van der Waals surface area contributed by atoms with Gasteiger partial charge in [0, 0.05) is 44.8 Å². The van der Waals surface area contributed by atoms with Gasteiger partial charge in [-0.15, -0.1) is 0 Å². The number of carbonyl (C=O) groups excluding carboxylic acids is 1. The minimum Gasteiger partial charge on any atom is -0.339 e. The van der Waals surface area contributed by atoms with Gasteiger partial charge >= 0.3 is 0 Å². The zero-order valence-electron chi connectivity index (χ0n) is 18.0. The maximum absolute atomic E-state index is 12.7. The van der Waals surface area contributed by atoms with Crippen molar-refractivity contribution >= 4 is 16.7 Å². The molecule has 3 aromatic carbocycles. The van der Waals surface area contributed by atoms with Crippen molar-refractivity contribution in [1.82, 2.24) is 15.1 Å². The van der Waals surface area contributed by atoms with Crippen LogP contribution in [0.4, 0.5) is 0 Å². The van der Waals surface area contributed by atoms with Gasteiger partial charge in [0.15, 0.2) is 0 Å². The number of rotatable bonds is 6. The number of piperazine rings is 1. The van der Waals surface area contributed by atoms with Gasteiger partial charge in [-0.1, -0.05) is 48.5 Å². The molecule has 1 N–H and O–H groups in total. The van der Waals surface area contributed by atoms with Crippen molar-refractivity contribution in [1.29, 1.82) is 0 Å². The number of amides is 1. The molecule has 156 valence electrons. The zero-order chi connectivity index (χ0) is 20.9.